The van der Waals surface area contributed by atoms with Gasteiger partial charge in [0.2, 0.25) is 0 Å². The molecule has 186 valence electrons. The van der Waals surface area contributed by atoms with Gasteiger partial charge < -0.3 is 19.4 Å². The lowest BCUT2D eigenvalue weighted by molar-refractivity contribution is 0.0498. The van der Waals surface area contributed by atoms with Crippen molar-refractivity contribution in [3.05, 3.63) is 89.0 Å². The molecule has 0 spiro atoms. The molecule has 3 aromatic carbocycles. The number of esters is 1. The number of anilines is 3. The molecule has 0 saturated heterocycles. The summed E-state index contributed by atoms with van der Waals surface area (Å²) in [7, 11) is 12.2. The highest BCUT2D eigenvalue weighted by atomic mass is 16.5. The van der Waals surface area contributed by atoms with Crippen LogP contribution in [-0.2, 0) is 4.74 Å². The lowest BCUT2D eigenvalue weighted by Gasteiger charge is -2.30. The van der Waals surface area contributed by atoms with Gasteiger partial charge in [-0.1, -0.05) is 55.8 Å². The van der Waals surface area contributed by atoms with Crippen molar-refractivity contribution in [2.45, 2.75) is 25.7 Å². The first-order chi connectivity index (χ1) is 16.8. The molecular formula is C30H39N3O2. The van der Waals surface area contributed by atoms with Gasteiger partial charge in [0.25, 0.3) is 0 Å². The SMILES string of the molecule is CCCCOC(=O)c1cc(N(C)C)ccc1C(c1ccccc1N(C)C)c1ccccc1N(C)C. The van der Waals surface area contributed by atoms with E-state index in [0.29, 0.717) is 12.2 Å². The number of hydrogen-bond acceptors (Lipinski definition) is 5. The Hall–Kier alpha value is -3.47. The molecule has 0 aromatic heterocycles. The van der Waals surface area contributed by atoms with E-state index in [9.17, 15) is 4.79 Å². The Labute approximate surface area is 210 Å². The predicted octanol–water partition coefficient (Wildman–Crippen LogP) is 6.02. The Balaban J connectivity index is 2.32. The number of para-hydroxylation sites is 2. The fourth-order valence-corrected chi connectivity index (χ4v) is 4.42. The smallest absolute Gasteiger partial charge is 0.338 e. The van der Waals surface area contributed by atoms with Crippen LogP contribution in [0.1, 0.15) is 52.7 Å². The second-order valence-corrected chi connectivity index (χ2v) is 9.49. The average molecular weight is 474 g/mol. The van der Waals surface area contributed by atoms with Crippen LogP contribution in [0.25, 0.3) is 0 Å². The number of hydrogen-bond donors (Lipinski definition) is 0. The van der Waals surface area contributed by atoms with E-state index in [-0.39, 0.29) is 11.9 Å². The number of benzene rings is 3. The lowest BCUT2D eigenvalue weighted by Crippen LogP contribution is -2.20. The van der Waals surface area contributed by atoms with Gasteiger partial charge in [-0.2, -0.15) is 0 Å². The minimum Gasteiger partial charge on any atom is -0.462 e. The summed E-state index contributed by atoms with van der Waals surface area (Å²) in [5.41, 5.74) is 7.05. The van der Waals surface area contributed by atoms with Gasteiger partial charge in [0.05, 0.1) is 12.2 Å². The number of unbranched alkanes of at least 4 members (excludes halogenated alkanes) is 1. The van der Waals surface area contributed by atoms with E-state index in [1.54, 1.807) is 0 Å². The number of carbonyl (C=O) groups excluding carboxylic acids is 1. The van der Waals surface area contributed by atoms with E-state index in [1.807, 2.05) is 25.1 Å². The first-order valence-electron chi connectivity index (χ1n) is 12.3. The van der Waals surface area contributed by atoms with E-state index >= 15 is 0 Å². The molecule has 0 atom stereocenters. The summed E-state index contributed by atoms with van der Waals surface area (Å²) in [5.74, 6) is -0.427. The Kier molecular flexibility index (Phi) is 8.80. The maximum absolute atomic E-state index is 13.5. The molecule has 0 unspecified atom stereocenters. The van der Waals surface area contributed by atoms with Crippen molar-refractivity contribution >= 4 is 23.0 Å². The van der Waals surface area contributed by atoms with Crippen LogP contribution < -0.4 is 14.7 Å². The Morgan fingerprint density at radius 1 is 0.743 bits per heavy atom. The van der Waals surface area contributed by atoms with Gasteiger partial charge >= 0.3 is 5.97 Å². The van der Waals surface area contributed by atoms with Crippen LogP contribution in [0.15, 0.2) is 66.7 Å². The van der Waals surface area contributed by atoms with E-state index < -0.39 is 0 Å². The third kappa shape index (κ3) is 5.97. The third-order valence-corrected chi connectivity index (χ3v) is 6.27. The van der Waals surface area contributed by atoms with Crippen LogP contribution in [-0.4, -0.2) is 54.9 Å². The van der Waals surface area contributed by atoms with Crippen LogP contribution >= 0.6 is 0 Å². The second-order valence-electron chi connectivity index (χ2n) is 9.49. The fraction of sp³-hybridized carbons (Fsp3) is 0.367. The molecule has 5 heteroatoms. The van der Waals surface area contributed by atoms with Crippen LogP contribution in [0.5, 0.6) is 0 Å². The second kappa shape index (κ2) is 11.8. The molecule has 5 nitrogen and oxygen atoms in total. The monoisotopic (exact) mass is 473 g/mol. The average Bonchev–Trinajstić information content (AvgIpc) is 2.84. The van der Waals surface area contributed by atoms with E-state index in [2.05, 4.69) is 106 Å². The normalized spacial score (nSPS) is 10.9. The van der Waals surface area contributed by atoms with Gasteiger partial charge in [0, 0.05) is 65.3 Å². The summed E-state index contributed by atoms with van der Waals surface area (Å²) in [6.45, 7) is 2.52. The van der Waals surface area contributed by atoms with Crippen molar-refractivity contribution in [3.8, 4) is 0 Å². The molecule has 3 aromatic rings. The lowest BCUT2D eigenvalue weighted by atomic mass is 9.80. The zero-order chi connectivity index (χ0) is 25.5. The summed E-state index contributed by atoms with van der Waals surface area (Å²) in [6, 6.07) is 23.0. The van der Waals surface area contributed by atoms with Crippen molar-refractivity contribution in [1.29, 1.82) is 0 Å². The molecule has 3 rings (SSSR count). The van der Waals surface area contributed by atoms with Crippen molar-refractivity contribution in [2.75, 3.05) is 63.6 Å². The Bertz CT molecular complexity index is 1090. The zero-order valence-electron chi connectivity index (χ0n) is 22.2. The molecule has 0 radical (unpaired) electrons. The maximum atomic E-state index is 13.5. The van der Waals surface area contributed by atoms with Gasteiger partial charge in [0.1, 0.15) is 0 Å². The molecule has 0 amide bonds. The van der Waals surface area contributed by atoms with Crippen molar-refractivity contribution in [3.63, 3.8) is 0 Å². The van der Waals surface area contributed by atoms with Crippen LogP contribution in [0, 0.1) is 0 Å². The molecule has 0 aliphatic rings. The first kappa shape index (κ1) is 26.1. The maximum Gasteiger partial charge on any atom is 0.338 e. The van der Waals surface area contributed by atoms with E-state index in [1.165, 1.54) is 0 Å². The molecule has 0 aliphatic heterocycles. The van der Waals surface area contributed by atoms with Crippen LogP contribution in [0.3, 0.4) is 0 Å². The highest BCUT2D eigenvalue weighted by molar-refractivity contribution is 5.93. The zero-order valence-corrected chi connectivity index (χ0v) is 22.2. The van der Waals surface area contributed by atoms with Crippen LogP contribution in [0.2, 0.25) is 0 Å². The molecule has 0 N–H and O–H groups in total. The summed E-state index contributed by atoms with van der Waals surface area (Å²) in [6.07, 6.45) is 1.83. The van der Waals surface area contributed by atoms with Gasteiger partial charge in [0.15, 0.2) is 0 Å². The summed E-state index contributed by atoms with van der Waals surface area (Å²) in [5, 5.41) is 0. The van der Waals surface area contributed by atoms with E-state index in [4.69, 9.17) is 4.74 Å². The minimum absolute atomic E-state index is 0.155. The quantitative estimate of drug-likeness (QED) is 0.204. The Morgan fingerprint density at radius 2 is 1.29 bits per heavy atom. The van der Waals surface area contributed by atoms with E-state index in [0.717, 1.165) is 46.6 Å². The Morgan fingerprint density at radius 3 is 1.77 bits per heavy atom. The van der Waals surface area contributed by atoms with Crippen LogP contribution in [0.4, 0.5) is 17.1 Å². The van der Waals surface area contributed by atoms with Gasteiger partial charge in [-0.3, -0.25) is 0 Å². The number of rotatable bonds is 10. The van der Waals surface area contributed by atoms with Gasteiger partial charge in [-0.15, -0.1) is 0 Å². The van der Waals surface area contributed by atoms with Gasteiger partial charge in [-0.05, 0) is 47.4 Å². The molecule has 0 aliphatic carbocycles. The largest absolute Gasteiger partial charge is 0.462 e. The minimum atomic E-state index is -0.271. The third-order valence-electron chi connectivity index (χ3n) is 6.27. The predicted molar refractivity (Wildman–Crippen MR) is 148 cm³/mol. The molecule has 0 saturated carbocycles. The molecule has 35 heavy (non-hydrogen) atoms. The van der Waals surface area contributed by atoms with Crippen molar-refractivity contribution in [1.82, 2.24) is 0 Å². The number of carbonyl (C=O) groups is 1. The van der Waals surface area contributed by atoms with Crippen molar-refractivity contribution < 1.29 is 9.53 Å². The highest BCUT2D eigenvalue weighted by Gasteiger charge is 2.28. The number of nitrogens with zero attached hydrogens (tertiary/aromatic N) is 3. The number of ether oxygens (including phenoxy) is 1. The molecular weight excluding hydrogens is 434 g/mol. The van der Waals surface area contributed by atoms with Crippen molar-refractivity contribution in [2.24, 2.45) is 0 Å². The standard InChI is InChI=1S/C30H39N3O2/c1-8-9-20-35-30(34)26-21-22(31(2)3)18-19-23(26)29(24-14-10-12-16-27(24)32(4)5)25-15-11-13-17-28(25)33(6)7/h10-19,21,29H,8-9,20H2,1-7H3. The van der Waals surface area contributed by atoms with Gasteiger partial charge in [-0.25, -0.2) is 4.79 Å². The molecule has 0 bridgehead atoms. The molecule has 0 fully saturated rings. The highest BCUT2D eigenvalue weighted by Crippen LogP contribution is 2.42. The molecule has 0 heterocycles. The summed E-state index contributed by atoms with van der Waals surface area (Å²) >= 11 is 0. The fourth-order valence-electron chi connectivity index (χ4n) is 4.42. The first-order valence-corrected chi connectivity index (χ1v) is 12.3. The summed E-state index contributed by atoms with van der Waals surface area (Å²) in [4.78, 5) is 19.7. The summed E-state index contributed by atoms with van der Waals surface area (Å²) < 4.78 is 5.74. The topological polar surface area (TPSA) is 36.0 Å².